The average Bonchev–Trinajstić information content (AvgIpc) is 3.65. The summed E-state index contributed by atoms with van der Waals surface area (Å²) in [5.41, 5.74) is 0.679. The zero-order chi connectivity index (χ0) is 26.4. The van der Waals surface area contributed by atoms with E-state index in [1.165, 1.54) is 12.1 Å². The van der Waals surface area contributed by atoms with Crippen molar-refractivity contribution in [2.75, 3.05) is 36.5 Å². The molecule has 0 unspecified atom stereocenters. The quantitative estimate of drug-likeness (QED) is 0.429. The van der Waals surface area contributed by atoms with Crippen molar-refractivity contribution < 1.29 is 18.3 Å². The number of rotatable bonds is 5. The van der Waals surface area contributed by atoms with Gasteiger partial charge in [0.15, 0.2) is 11.6 Å². The van der Waals surface area contributed by atoms with Gasteiger partial charge in [0.2, 0.25) is 0 Å². The summed E-state index contributed by atoms with van der Waals surface area (Å²) in [4.78, 5) is 28.0. The van der Waals surface area contributed by atoms with E-state index in [4.69, 9.17) is 9.84 Å². The van der Waals surface area contributed by atoms with E-state index in [0.717, 1.165) is 60.7 Å². The number of carbonyl (C=O) groups is 1. The summed E-state index contributed by atoms with van der Waals surface area (Å²) < 4.78 is 36.7. The molecule has 1 N–H and O–H groups in total. The third-order valence-corrected chi connectivity index (χ3v) is 7.13. The van der Waals surface area contributed by atoms with Gasteiger partial charge in [-0.25, -0.2) is 8.78 Å². The van der Waals surface area contributed by atoms with Crippen molar-refractivity contribution in [3.8, 4) is 5.69 Å². The molecule has 196 valence electrons. The molecule has 0 radical (unpaired) electrons. The maximum atomic E-state index is 14.4. The number of para-hydroxylation sites is 1. The first-order chi connectivity index (χ1) is 18.4. The minimum Gasteiger partial charge on any atom is -0.379 e. The molecule has 1 amide bonds. The molecule has 2 aliphatic heterocycles. The summed E-state index contributed by atoms with van der Waals surface area (Å²) in [5, 5.41) is 12.6. The number of hydrogen-bond donors (Lipinski definition) is 1. The molecule has 2 aliphatic rings. The van der Waals surface area contributed by atoms with Crippen LogP contribution in [0.5, 0.6) is 0 Å². The summed E-state index contributed by atoms with van der Waals surface area (Å²) in [6.07, 6.45) is 3.91. The molecule has 0 aliphatic carbocycles. The first-order valence-corrected chi connectivity index (χ1v) is 12.6. The van der Waals surface area contributed by atoms with E-state index in [-0.39, 0.29) is 11.7 Å². The molecule has 38 heavy (non-hydrogen) atoms. The Labute approximate surface area is 216 Å². The first-order valence-electron chi connectivity index (χ1n) is 12.6. The lowest BCUT2D eigenvalue weighted by Gasteiger charge is -2.23. The number of amides is 1. The Morgan fingerprint density at radius 3 is 2.58 bits per heavy atom. The molecule has 2 aromatic heterocycles. The number of fused-ring (bicyclic) bond motifs is 1. The number of nitrogens with one attached hydrogen (secondary N) is 1. The van der Waals surface area contributed by atoms with Crippen LogP contribution in [0.25, 0.3) is 16.6 Å². The second-order valence-electron chi connectivity index (χ2n) is 9.85. The molecular weight excluding hydrogens is 494 g/mol. The van der Waals surface area contributed by atoms with E-state index in [1.807, 2.05) is 16.9 Å². The van der Waals surface area contributed by atoms with Gasteiger partial charge in [-0.2, -0.15) is 14.9 Å². The highest BCUT2D eigenvalue weighted by atomic mass is 19.1. The predicted octanol–water partition coefficient (Wildman–Crippen LogP) is 3.92. The smallest absolute Gasteiger partial charge is 0.276 e. The van der Waals surface area contributed by atoms with Gasteiger partial charge in [0.25, 0.3) is 11.5 Å². The topological polar surface area (TPSA) is 94.3 Å². The van der Waals surface area contributed by atoms with Crippen LogP contribution in [0.15, 0.2) is 53.5 Å². The molecule has 11 heteroatoms. The molecule has 2 fully saturated rings. The zero-order valence-electron chi connectivity index (χ0n) is 20.7. The number of hydrogen-bond acceptors (Lipinski definition) is 6. The normalized spacial score (nSPS) is 19.4. The van der Waals surface area contributed by atoms with E-state index in [2.05, 4.69) is 22.2 Å². The molecule has 6 rings (SSSR count). The standard InChI is InChI=1S/C27H26F2N6O3/c1-16-9-11-33(13-16)25-18-14-34(17-10-12-38-15-17)31-21(18)5-6-22(25)30-27(37)23-7-8-24(36)35(32-23)26-19(28)3-2-4-20(26)29/h2-8,14,16-17H,9-13,15H2,1H3,(H,30,37)/t16-,17+/m1/s1. The van der Waals surface area contributed by atoms with E-state index in [1.54, 1.807) is 6.07 Å². The average molecular weight is 521 g/mol. The molecule has 2 saturated heterocycles. The molecule has 2 aromatic carbocycles. The number of anilines is 2. The number of ether oxygens (including phenoxy) is 1. The van der Waals surface area contributed by atoms with Crippen LogP contribution in [0.2, 0.25) is 0 Å². The third-order valence-electron chi connectivity index (χ3n) is 7.13. The Bertz CT molecular complexity index is 1570. The van der Waals surface area contributed by atoms with Crippen LogP contribution in [-0.2, 0) is 4.74 Å². The van der Waals surface area contributed by atoms with Crippen LogP contribution in [0.4, 0.5) is 20.2 Å². The van der Waals surface area contributed by atoms with Gasteiger partial charge in [-0.05, 0) is 49.1 Å². The highest BCUT2D eigenvalue weighted by Gasteiger charge is 2.27. The maximum absolute atomic E-state index is 14.4. The van der Waals surface area contributed by atoms with Crippen LogP contribution in [0.3, 0.4) is 0 Å². The van der Waals surface area contributed by atoms with Crippen molar-refractivity contribution in [2.24, 2.45) is 5.92 Å². The number of carbonyl (C=O) groups excluding carboxylic acids is 1. The van der Waals surface area contributed by atoms with Gasteiger partial charge in [0.1, 0.15) is 11.4 Å². The molecular formula is C27H26F2N6O3. The lowest BCUT2D eigenvalue weighted by Crippen LogP contribution is -2.27. The minimum absolute atomic E-state index is 0.160. The highest BCUT2D eigenvalue weighted by Crippen LogP contribution is 2.38. The van der Waals surface area contributed by atoms with Crippen molar-refractivity contribution >= 4 is 28.2 Å². The number of nitrogens with zero attached hydrogens (tertiary/aromatic N) is 5. The lowest BCUT2D eigenvalue weighted by atomic mass is 10.1. The lowest BCUT2D eigenvalue weighted by molar-refractivity contribution is 0.102. The second kappa shape index (κ2) is 9.64. The molecule has 0 spiro atoms. The number of aromatic nitrogens is 4. The summed E-state index contributed by atoms with van der Waals surface area (Å²) in [5.74, 6) is -2.04. The van der Waals surface area contributed by atoms with E-state index >= 15 is 0 Å². The van der Waals surface area contributed by atoms with Crippen molar-refractivity contribution in [1.82, 2.24) is 19.6 Å². The van der Waals surface area contributed by atoms with Gasteiger partial charge in [-0.1, -0.05) is 13.0 Å². The van der Waals surface area contributed by atoms with Crippen molar-refractivity contribution in [3.05, 3.63) is 76.3 Å². The predicted molar refractivity (Wildman–Crippen MR) is 138 cm³/mol. The van der Waals surface area contributed by atoms with Crippen molar-refractivity contribution in [2.45, 2.75) is 25.8 Å². The Hall–Kier alpha value is -4.12. The third kappa shape index (κ3) is 4.32. The Kier molecular flexibility index (Phi) is 6.15. The largest absolute Gasteiger partial charge is 0.379 e. The van der Waals surface area contributed by atoms with Gasteiger partial charge in [0, 0.05) is 37.3 Å². The van der Waals surface area contributed by atoms with Gasteiger partial charge >= 0.3 is 0 Å². The van der Waals surface area contributed by atoms with Gasteiger partial charge in [-0.15, -0.1) is 0 Å². The minimum atomic E-state index is -0.960. The van der Waals surface area contributed by atoms with E-state index in [0.29, 0.717) is 29.5 Å². The molecule has 4 aromatic rings. The van der Waals surface area contributed by atoms with Crippen molar-refractivity contribution in [3.63, 3.8) is 0 Å². The fourth-order valence-corrected chi connectivity index (χ4v) is 5.17. The molecule has 0 bridgehead atoms. The van der Waals surface area contributed by atoms with Crippen LogP contribution < -0.4 is 15.8 Å². The fourth-order valence-electron chi connectivity index (χ4n) is 5.17. The van der Waals surface area contributed by atoms with Crippen LogP contribution >= 0.6 is 0 Å². The Morgan fingerprint density at radius 1 is 1.05 bits per heavy atom. The van der Waals surface area contributed by atoms with E-state index < -0.39 is 28.8 Å². The molecule has 9 nitrogen and oxygen atoms in total. The summed E-state index contributed by atoms with van der Waals surface area (Å²) in [7, 11) is 0. The van der Waals surface area contributed by atoms with Gasteiger partial charge in [0.05, 0.1) is 29.5 Å². The van der Waals surface area contributed by atoms with Gasteiger partial charge < -0.3 is 15.0 Å². The molecule has 4 heterocycles. The van der Waals surface area contributed by atoms with Crippen molar-refractivity contribution in [1.29, 1.82) is 0 Å². The first kappa shape index (κ1) is 24.2. The van der Waals surface area contributed by atoms with Crippen LogP contribution in [0, 0.1) is 17.6 Å². The highest BCUT2D eigenvalue weighted by molar-refractivity contribution is 6.08. The Balaban J connectivity index is 1.38. The maximum Gasteiger partial charge on any atom is 0.276 e. The van der Waals surface area contributed by atoms with Crippen LogP contribution in [0.1, 0.15) is 36.3 Å². The zero-order valence-corrected chi connectivity index (χ0v) is 20.7. The van der Waals surface area contributed by atoms with Crippen LogP contribution in [-0.4, -0.2) is 51.8 Å². The SMILES string of the molecule is C[C@@H]1CCN(c2c(NC(=O)c3ccc(=O)n(-c4c(F)cccc4F)n3)ccc3nn([C@H]4CCOC4)cc23)C1. The summed E-state index contributed by atoms with van der Waals surface area (Å²) in [6.45, 7) is 5.15. The molecule has 2 atom stereocenters. The summed E-state index contributed by atoms with van der Waals surface area (Å²) in [6, 6.07) is 9.35. The summed E-state index contributed by atoms with van der Waals surface area (Å²) >= 11 is 0. The number of halogens is 2. The van der Waals surface area contributed by atoms with E-state index in [9.17, 15) is 18.4 Å². The second-order valence-corrected chi connectivity index (χ2v) is 9.85. The monoisotopic (exact) mass is 520 g/mol. The fraction of sp³-hybridized carbons (Fsp3) is 0.333. The Morgan fingerprint density at radius 2 is 1.87 bits per heavy atom. The number of benzene rings is 2. The van der Waals surface area contributed by atoms with Gasteiger partial charge in [-0.3, -0.25) is 14.3 Å². The molecule has 0 saturated carbocycles.